The molecule has 1 saturated heterocycles. The number of nitrogens with one attached hydrogen (secondary N) is 1. The lowest BCUT2D eigenvalue weighted by molar-refractivity contribution is 0.0467. The van der Waals surface area contributed by atoms with Crippen LogP contribution in [0, 0.1) is 12.8 Å². The van der Waals surface area contributed by atoms with E-state index in [4.69, 9.17) is 4.42 Å². The van der Waals surface area contributed by atoms with E-state index in [0.29, 0.717) is 24.0 Å². The van der Waals surface area contributed by atoms with Gasteiger partial charge in [0.15, 0.2) is 0 Å². The molecule has 24 heavy (non-hydrogen) atoms. The fraction of sp³-hybridized carbons (Fsp3) is 0.556. The molecule has 1 aliphatic rings. The van der Waals surface area contributed by atoms with E-state index >= 15 is 0 Å². The molecule has 0 aromatic carbocycles. The highest BCUT2D eigenvalue weighted by atomic mass is 16.4. The van der Waals surface area contributed by atoms with E-state index in [9.17, 15) is 5.11 Å². The van der Waals surface area contributed by atoms with Crippen molar-refractivity contribution in [1.82, 2.24) is 9.97 Å². The van der Waals surface area contributed by atoms with Crippen LogP contribution in [0.4, 0.5) is 11.6 Å². The van der Waals surface area contributed by atoms with Gasteiger partial charge in [0.05, 0.1) is 6.54 Å². The molecule has 1 fully saturated rings. The van der Waals surface area contributed by atoms with Crippen LogP contribution in [0.3, 0.4) is 0 Å². The molecule has 2 aromatic rings. The van der Waals surface area contributed by atoms with E-state index in [0.717, 1.165) is 24.7 Å². The third-order valence-corrected chi connectivity index (χ3v) is 4.52. The van der Waals surface area contributed by atoms with Gasteiger partial charge in [-0.05, 0) is 44.7 Å². The lowest BCUT2D eigenvalue weighted by Gasteiger charge is -2.32. The topological polar surface area (TPSA) is 74.4 Å². The molecular formula is C18H26N4O2. The zero-order valence-electron chi connectivity index (χ0n) is 14.6. The van der Waals surface area contributed by atoms with Gasteiger partial charge < -0.3 is 19.7 Å². The summed E-state index contributed by atoms with van der Waals surface area (Å²) in [6.45, 7) is 8.24. The van der Waals surface area contributed by atoms with Crippen LogP contribution < -0.4 is 10.2 Å². The molecule has 2 aromatic heterocycles. The van der Waals surface area contributed by atoms with Gasteiger partial charge in [0.2, 0.25) is 0 Å². The van der Waals surface area contributed by atoms with Gasteiger partial charge in [0, 0.05) is 19.2 Å². The van der Waals surface area contributed by atoms with Gasteiger partial charge in [-0.25, -0.2) is 9.97 Å². The Balaban J connectivity index is 1.66. The van der Waals surface area contributed by atoms with Crippen LogP contribution in [-0.2, 0) is 5.60 Å². The highest BCUT2D eigenvalue weighted by Crippen LogP contribution is 2.25. The minimum Gasteiger partial charge on any atom is -0.463 e. The maximum Gasteiger partial charge on any atom is 0.137 e. The van der Waals surface area contributed by atoms with Gasteiger partial charge >= 0.3 is 0 Å². The normalized spacial score (nSPS) is 20.7. The molecular weight excluding hydrogens is 304 g/mol. The summed E-state index contributed by atoms with van der Waals surface area (Å²) in [6, 6.07) is 5.60. The average molecular weight is 330 g/mol. The lowest BCUT2D eigenvalue weighted by atomic mass is 10.0. The smallest absolute Gasteiger partial charge is 0.137 e. The number of aliphatic hydroxyl groups is 1. The maximum absolute atomic E-state index is 10.6. The van der Waals surface area contributed by atoms with Crippen LogP contribution >= 0.6 is 0 Å². The van der Waals surface area contributed by atoms with Crippen molar-refractivity contribution in [3.63, 3.8) is 0 Å². The third kappa shape index (κ3) is 3.87. The molecule has 0 spiro atoms. The number of anilines is 2. The van der Waals surface area contributed by atoms with E-state index < -0.39 is 5.60 Å². The zero-order chi connectivity index (χ0) is 17.2. The van der Waals surface area contributed by atoms with Crippen molar-refractivity contribution in [3.8, 4) is 0 Å². The molecule has 1 aliphatic heterocycles. The molecule has 3 rings (SSSR count). The molecule has 2 unspecified atom stereocenters. The van der Waals surface area contributed by atoms with Crippen molar-refractivity contribution in [1.29, 1.82) is 0 Å². The summed E-state index contributed by atoms with van der Waals surface area (Å²) in [6.07, 6.45) is 4.04. The number of aryl methyl sites for hydroxylation is 1. The van der Waals surface area contributed by atoms with Crippen LogP contribution in [0.1, 0.15) is 38.2 Å². The first-order valence-electron chi connectivity index (χ1n) is 8.54. The number of aromatic nitrogens is 2. The number of hydrogen-bond acceptors (Lipinski definition) is 6. The van der Waals surface area contributed by atoms with Crippen molar-refractivity contribution < 1.29 is 9.52 Å². The summed E-state index contributed by atoms with van der Waals surface area (Å²) < 4.78 is 5.54. The highest BCUT2D eigenvalue weighted by molar-refractivity contribution is 5.49. The Bertz CT molecular complexity index is 683. The molecule has 6 heteroatoms. The highest BCUT2D eigenvalue weighted by Gasteiger charge is 2.27. The number of hydrogen-bond donors (Lipinski definition) is 2. The molecule has 3 heterocycles. The average Bonchev–Trinajstić information content (AvgIpc) is 3.01. The van der Waals surface area contributed by atoms with Crippen molar-refractivity contribution in [2.45, 2.75) is 39.2 Å². The summed E-state index contributed by atoms with van der Waals surface area (Å²) >= 11 is 0. The van der Waals surface area contributed by atoms with E-state index in [1.807, 2.05) is 19.1 Å². The molecule has 0 aliphatic carbocycles. The second-order valence-electron chi connectivity index (χ2n) is 6.99. The maximum atomic E-state index is 10.6. The minimum atomic E-state index is -1.10. The monoisotopic (exact) mass is 330 g/mol. The standard InChI is InChI=1S/C18H26N4O2/c1-13-5-4-8-22(10-13)17-9-16(20-12-21-17)19-11-18(3,23)15-7-6-14(2)24-15/h6-7,9,12-13,23H,4-5,8,10-11H2,1-3H3,(H,19,20,21). The van der Waals surface area contributed by atoms with Crippen LogP contribution in [0.25, 0.3) is 0 Å². The Morgan fingerprint density at radius 2 is 2.25 bits per heavy atom. The van der Waals surface area contributed by atoms with E-state index in [-0.39, 0.29) is 0 Å². The van der Waals surface area contributed by atoms with E-state index in [2.05, 4.69) is 27.1 Å². The summed E-state index contributed by atoms with van der Waals surface area (Å²) in [7, 11) is 0. The molecule has 0 bridgehead atoms. The lowest BCUT2D eigenvalue weighted by Crippen LogP contribution is -2.35. The number of piperidine rings is 1. The second kappa shape index (κ2) is 6.81. The predicted octanol–water partition coefficient (Wildman–Crippen LogP) is 2.93. The second-order valence-corrected chi connectivity index (χ2v) is 6.99. The predicted molar refractivity (Wildman–Crippen MR) is 94.1 cm³/mol. The van der Waals surface area contributed by atoms with Crippen molar-refractivity contribution in [2.24, 2.45) is 5.92 Å². The molecule has 0 saturated carbocycles. The van der Waals surface area contributed by atoms with Gasteiger partial charge in [-0.1, -0.05) is 6.92 Å². The first-order chi connectivity index (χ1) is 11.4. The Kier molecular flexibility index (Phi) is 4.76. The van der Waals surface area contributed by atoms with Gasteiger partial charge in [-0.15, -0.1) is 0 Å². The molecule has 2 N–H and O–H groups in total. The summed E-state index contributed by atoms with van der Waals surface area (Å²) in [5, 5.41) is 13.8. The van der Waals surface area contributed by atoms with Crippen LogP contribution in [0.15, 0.2) is 28.9 Å². The Hall–Kier alpha value is -2.08. The molecule has 6 nitrogen and oxygen atoms in total. The first kappa shape index (κ1) is 16.8. The Morgan fingerprint density at radius 3 is 2.96 bits per heavy atom. The molecule has 2 atom stereocenters. The number of rotatable bonds is 5. The Labute approximate surface area is 142 Å². The van der Waals surface area contributed by atoms with Crippen molar-refractivity contribution in [3.05, 3.63) is 36.0 Å². The summed E-state index contributed by atoms with van der Waals surface area (Å²) in [5.41, 5.74) is -1.10. The minimum absolute atomic E-state index is 0.312. The first-order valence-corrected chi connectivity index (χ1v) is 8.54. The van der Waals surface area contributed by atoms with E-state index in [1.54, 1.807) is 19.3 Å². The molecule has 130 valence electrons. The fourth-order valence-electron chi connectivity index (χ4n) is 3.09. The number of nitrogens with zero attached hydrogens (tertiary/aromatic N) is 3. The molecule has 0 amide bonds. The van der Waals surface area contributed by atoms with Crippen LogP contribution in [0.5, 0.6) is 0 Å². The molecule has 0 radical (unpaired) electrons. The van der Waals surface area contributed by atoms with Gasteiger partial charge in [-0.3, -0.25) is 0 Å². The van der Waals surface area contributed by atoms with Crippen molar-refractivity contribution >= 4 is 11.6 Å². The summed E-state index contributed by atoms with van der Waals surface area (Å²) in [4.78, 5) is 11.0. The quantitative estimate of drug-likeness (QED) is 0.878. The van der Waals surface area contributed by atoms with Crippen LogP contribution in [0.2, 0.25) is 0 Å². The fourth-order valence-corrected chi connectivity index (χ4v) is 3.09. The Morgan fingerprint density at radius 1 is 1.42 bits per heavy atom. The van der Waals surface area contributed by atoms with E-state index in [1.165, 1.54) is 12.8 Å². The van der Waals surface area contributed by atoms with Gasteiger partial charge in [-0.2, -0.15) is 0 Å². The van der Waals surface area contributed by atoms with Gasteiger partial charge in [0.25, 0.3) is 0 Å². The number of furan rings is 1. The van der Waals surface area contributed by atoms with Crippen molar-refractivity contribution in [2.75, 3.05) is 29.9 Å². The summed E-state index contributed by atoms with van der Waals surface area (Å²) in [5.74, 6) is 3.67. The largest absolute Gasteiger partial charge is 0.463 e. The van der Waals surface area contributed by atoms with Gasteiger partial charge in [0.1, 0.15) is 35.1 Å². The van der Waals surface area contributed by atoms with Crippen LogP contribution in [-0.4, -0.2) is 34.7 Å². The zero-order valence-corrected chi connectivity index (χ0v) is 14.6. The third-order valence-electron chi connectivity index (χ3n) is 4.52. The SMILES string of the molecule is Cc1ccc(C(C)(O)CNc2cc(N3CCCC(C)C3)ncn2)o1.